The fourth-order valence-corrected chi connectivity index (χ4v) is 2.67. The summed E-state index contributed by atoms with van der Waals surface area (Å²) in [6.07, 6.45) is 1.66. The summed E-state index contributed by atoms with van der Waals surface area (Å²) < 4.78 is 0. The van der Waals surface area contributed by atoms with Gasteiger partial charge < -0.3 is 0 Å². The number of amides is 1. The number of carbonyl (C=O) groups excluding carboxylic acids is 1. The van der Waals surface area contributed by atoms with E-state index >= 15 is 0 Å². The molecule has 0 unspecified atom stereocenters. The Balaban J connectivity index is 1.94. The van der Waals surface area contributed by atoms with Crippen LogP contribution >= 0.6 is 11.3 Å². The highest BCUT2D eigenvalue weighted by atomic mass is 32.1. The molecule has 0 aliphatic heterocycles. The zero-order chi connectivity index (χ0) is 13.4. The predicted molar refractivity (Wildman–Crippen MR) is 75.6 cm³/mol. The summed E-state index contributed by atoms with van der Waals surface area (Å²) in [7, 11) is 0. The van der Waals surface area contributed by atoms with E-state index in [2.05, 4.69) is 20.5 Å². The number of nitrogens with zero attached hydrogens (tertiary/aromatic N) is 2. The van der Waals surface area contributed by atoms with Crippen LogP contribution in [0.1, 0.15) is 20.9 Å². The average molecular weight is 272 g/mol. The molecule has 5 nitrogen and oxygen atoms in total. The molecule has 0 aliphatic carbocycles. The van der Waals surface area contributed by atoms with Crippen LogP contribution < -0.4 is 5.32 Å². The minimum absolute atomic E-state index is 0.166. The van der Waals surface area contributed by atoms with Gasteiger partial charge >= 0.3 is 0 Å². The van der Waals surface area contributed by atoms with Gasteiger partial charge in [-0.25, -0.2) is 4.98 Å². The zero-order valence-electron chi connectivity index (χ0n) is 10.5. The second kappa shape index (κ2) is 4.47. The van der Waals surface area contributed by atoms with Crippen LogP contribution in [0.2, 0.25) is 0 Å². The van der Waals surface area contributed by atoms with E-state index < -0.39 is 0 Å². The Bertz CT molecular complexity index is 739. The number of hydrogen-bond donors (Lipinski definition) is 2. The van der Waals surface area contributed by atoms with E-state index in [0.717, 1.165) is 21.5 Å². The second-order valence-corrected chi connectivity index (χ2v) is 5.45. The van der Waals surface area contributed by atoms with Gasteiger partial charge in [-0.05, 0) is 26.0 Å². The van der Waals surface area contributed by atoms with E-state index in [0.29, 0.717) is 10.7 Å². The van der Waals surface area contributed by atoms with E-state index in [1.165, 1.54) is 11.3 Å². The SMILES string of the molecule is Cc1nc(NC(=O)c2cccc3[nH]ncc23)sc1C. The summed E-state index contributed by atoms with van der Waals surface area (Å²) in [5.74, 6) is -0.166. The third-order valence-corrected chi connectivity index (χ3v) is 3.97. The molecule has 0 radical (unpaired) electrons. The number of aromatic nitrogens is 3. The first-order valence-corrected chi connectivity index (χ1v) is 6.64. The summed E-state index contributed by atoms with van der Waals surface area (Å²) in [6.45, 7) is 3.91. The number of hydrogen-bond acceptors (Lipinski definition) is 4. The van der Waals surface area contributed by atoms with Crippen molar-refractivity contribution in [2.75, 3.05) is 5.32 Å². The standard InChI is InChI=1S/C13H12N4OS/c1-7-8(2)19-13(15-7)16-12(18)9-4-3-5-11-10(9)6-14-17-11/h3-6H,1-2H3,(H,14,17)(H,15,16,18). The van der Waals surface area contributed by atoms with Crippen molar-refractivity contribution >= 4 is 33.3 Å². The van der Waals surface area contributed by atoms with Crippen LogP contribution in [0.3, 0.4) is 0 Å². The molecule has 96 valence electrons. The largest absolute Gasteiger partial charge is 0.298 e. The van der Waals surface area contributed by atoms with E-state index in [9.17, 15) is 4.79 Å². The summed E-state index contributed by atoms with van der Waals surface area (Å²) in [6, 6.07) is 5.49. The third-order valence-electron chi connectivity index (χ3n) is 2.98. The number of benzene rings is 1. The molecule has 0 saturated carbocycles. The number of nitrogens with one attached hydrogen (secondary N) is 2. The molecule has 0 spiro atoms. The Morgan fingerprint density at radius 2 is 2.21 bits per heavy atom. The summed E-state index contributed by atoms with van der Waals surface area (Å²) in [4.78, 5) is 17.7. The Morgan fingerprint density at radius 3 is 2.95 bits per heavy atom. The van der Waals surface area contributed by atoms with Crippen molar-refractivity contribution in [3.8, 4) is 0 Å². The Hall–Kier alpha value is -2.21. The van der Waals surface area contributed by atoms with Gasteiger partial charge in [-0.2, -0.15) is 5.10 Å². The van der Waals surface area contributed by atoms with Gasteiger partial charge in [-0.15, -0.1) is 11.3 Å². The molecule has 1 amide bonds. The van der Waals surface area contributed by atoms with Crippen molar-refractivity contribution in [3.63, 3.8) is 0 Å². The summed E-state index contributed by atoms with van der Waals surface area (Å²) in [5.41, 5.74) is 2.39. The van der Waals surface area contributed by atoms with Crippen molar-refractivity contribution in [2.45, 2.75) is 13.8 Å². The van der Waals surface area contributed by atoms with Crippen LogP contribution in [0, 0.1) is 13.8 Å². The quantitative estimate of drug-likeness (QED) is 0.753. The fourth-order valence-electron chi connectivity index (χ4n) is 1.86. The molecule has 0 aliphatic rings. The Labute approximate surface area is 113 Å². The van der Waals surface area contributed by atoms with Crippen LogP contribution in [0.5, 0.6) is 0 Å². The second-order valence-electron chi connectivity index (χ2n) is 4.25. The normalized spacial score (nSPS) is 10.8. The Kier molecular flexibility index (Phi) is 2.79. The maximum atomic E-state index is 12.3. The summed E-state index contributed by atoms with van der Waals surface area (Å²) in [5, 5.41) is 11.1. The van der Waals surface area contributed by atoms with Crippen LogP contribution in [0.4, 0.5) is 5.13 Å². The first kappa shape index (κ1) is 11.9. The van der Waals surface area contributed by atoms with Crippen molar-refractivity contribution in [1.29, 1.82) is 0 Å². The maximum absolute atomic E-state index is 12.3. The molecule has 1 aromatic carbocycles. The first-order chi connectivity index (χ1) is 9.15. The highest BCUT2D eigenvalue weighted by molar-refractivity contribution is 7.15. The zero-order valence-corrected chi connectivity index (χ0v) is 11.3. The lowest BCUT2D eigenvalue weighted by atomic mass is 10.1. The topological polar surface area (TPSA) is 70.7 Å². The monoisotopic (exact) mass is 272 g/mol. The molecule has 3 aromatic rings. The van der Waals surface area contributed by atoms with Crippen LogP contribution in [0.15, 0.2) is 24.4 Å². The predicted octanol–water partition coefficient (Wildman–Crippen LogP) is 2.89. The smallest absolute Gasteiger partial charge is 0.258 e. The van der Waals surface area contributed by atoms with Gasteiger partial charge in [0.05, 0.1) is 23.0 Å². The lowest BCUT2D eigenvalue weighted by Crippen LogP contribution is -2.11. The molecular weight excluding hydrogens is 260 g/mol. The first-order valence-electron chi connectivity index (χ1n) is 5.82. The van der Waals surface area contributed by atoms with Gasteiger partial charge in [0.2, 0.25) is 0 Å². The molecule has 0 atom stereocenters. The van der Waals surface area contributed by atoms with Gasteiger partial charge in [0.1, 0.15) is 0 Å². The number of H-pyrrole nitrogens is 1. The molecule has 0 fully saturated rings. The highest BCUT2D eigenvalue weighted by Gasteiger charge is 2.13. The third kappa shape index (κ3) is 2.10. The molecule has 2 N–H and O–H groups in total. The number of anilines is 1. The van der Waals surface area contributed by atoms with Crippen molar-refractivity contribution in [2.24, 2.45) is 0 Å². The fraction of sp³-hybridized carbons (Fsp3) is 0.154. The maximum Gasteiger partial charge on any atom is 0.258 e. The minimum Gasteiger partial charge on any atom is -0.298 e. The molecule has 3 rings (SSSR count). The Morgan fingerprint density at radius 1 is 1.37 bits per heavy atom. The van der Waals surface area contributed by atoms with Crippen molar-refractivity contribution < 1.29 is 4.79 Å². The van der Waals surface area contributed by atoms with Gasteiger partial charge in [0.25, 0.3) is 5.91 Å². The lowest BCUT2D eigenvalue weighted by Gasteiger charge is -2.02. The van der Waals surface area contributed by atoms with Gasteiger partial charge in [0, 0.05) is 10.3 Å². The van der Waals surface area contributed by atoms with E-state index in [-0.39, 0.29) is 5.91 Å². The molecule has 6 heteroatoms. The summed E-state index contributed by atoms with van der Waals surface area (Å²) >= 11 is 1.48. The lowest BCUT2D eigenvalue weighted by molar-refractivity contribution is 0.102. The number of aromatic amines is 1. The number of fused-ring (bicyclic) bond motifs is 1. The van der Waals surface area contributed by atoms with Crippen LogP contribution in [0.25, 0.3) is 10.9 Å². The number of carbonyl (C=O) groups is 1. The number of thiazole rings is 1. The van der Waals surface area contributed by atoms with Gasteiger partial charge in [-0.1, -0.05) is 6.07 Å². The highest BCUT2D eigenvalue weighted by Crippen LogP contribution is 2.23. The van der Waals surface area contributed by atoms with E-state index in [1.54, 1.807) is 12.3 Å². The van der Waals surface area contributed by atoms with Crippen LogP contribution in [-0.4, -0.2) is 21.1 Å². The van der Waals surface area contributed by atoms with E-state index in [4.69, 9.17) is 0 Å². The number of aryl methyl sites for hydroxylation is 2. The van der Waals surface area contributed by atoms with Crippen molar-refractivity contribution in [3.05, 3.63) is 40.5 Å². The molecule has 0 bridgehead atoms. The van der Waals surface area contributed by atoms with Crippen LogP contribution in [-0.2, 0) is 0 Å². The molecule has 19 heavy (non-hydrogen) atoms. The molecule has 2 aromatic heterocycles. The molecular formula is C13H12N4OS. The van der Waals surface area contributed by atoms with Gasteiger partial charge in [-0.3, -0.25) is 15.2 Å². The van der Waals surface area contributed by atoms with E-state index in [1.807, 2.05) is 26.0 Å². The number of rotatable bonds is 2. The molecule has 0 saturated heterocycles. The average Bonchev–Trinajstić information content (AvgIpc) is 2.96. The van der Waals surface area contributed by atoms with Crippen molar-refractivity contribution in [1.82, 2.24) is 15.2 Å². The minimum atomic E-state index is -0.166. The molecule has 2 heterocycles. The van der Waals surface area contributed by atoms with Gasteiger partial charge in [0.15, 0.2) is 5.13 Å².